The third kappa shape index (κ3) is 5.09. The minimum atomic E-state index is -0.603. The Morgan fingerprint density at radius 2 is 1.89 bits per heavy atom. The molecule has 0 aliphatic rings. The lowest BCUT2D eigenvalue weighted by molar-refractivity contribution is -0.390. The molecule has 3 rings (SSSR count). The number of carbonyl (C=O) groups is 1. The van der Waals surface area contributed by atoms with Gasteiger partial charge in [-0.05, 0) is 38.5 Å². The highest BCUT2D eigenvalue weighted by molar-refractivity contribution is 9.10. The number of anilines is 1. The van der Waals surface area contributed by atoms with E-state index in [9.17, 15) is 14.9 Å². The van der Waals surface area contributed by atoms with Crippen LogP contribution in [0.3, 0.4) is 0 Å². The first-order valence-corrected chi connectivity index (χ1v) is 9.51. The number of aryl methyl sites for hydroxylation is 1. The average Bonchev–Trinajstić information content (AvgIpc) is 3.17. The topological polar surface area (TPSA) is 108 Å². The van der Waals surface area contributed by atoms with E-state index < -0.39 is 4.92 Å². The van der Waals surface area contributed by atoms with Crippen LogP contribution in [-0.4, -0.2) is 30.4 Å². The lowest BCUT2D eigenvalue weighted by Gasteiger charge is -2.03. The van der Waals surface area contributed by atoms with E-state index in [1.54, 1.807) is 23.0 Å². The molecule has 146 valence electrons. The summed E-state index contributed by atoms with van der Waals surface area (Å²) in [5.74, 6) is -0.398. The van der Waals surface area contributed by atoms with Crippen LogP contribution >= 0.6 is 39.1 Å². The van der Waals surface area contributed by atoms with Crippen LogP contribution in [0.25, 0.3) is 0 Å². The van der Waals surface area contributed by atoms with E-state index in [1.807, 2.05) is 12.1 Å². The molecule has 0 saturated heterocycles. The summed E-state index contributed by atoms with van der Waals surface area (Å²) in [5.41, 5.74) is 0.979. The van der Waals surface area contributed by atoms with Crippen LogP contribution < -0.4 is 5.32 Å². The summed E-state index contributed by atoms with van der Waals surface area (Å²) in [6.45, 7) is 0.638. The van der Waals surface area contributed by atoms with Gasteiger partial charge in [-0.3, -0.25) is 9.48 Å². The summed E-state index contributed by atoms with van der Waals surface area (Å²) in [5, 5.41) is 22.4. The molecule has 0 unspecified atom stereocenters. The predicted octanol–water partition coefficient (Wildman–Crippen LogP) is 4.13. The van der Waals surface area contributed by atoms with Gasteiger partial charge in [0.25, 0.3) is 0 Å². The Bertz CT molecular complexity index is 1020. The third-order valence-corrected chi connectivity index (χ3v) is 4.76. The first-order valence-electron chi connectivity index (χ1n) is 7.96. The number of halogens is 3. The summed E-state index contributed by atoms with van der Waals surface area (Å²) >= 11 is 15.1. The zero-order valence-electron chi connectivity index (χ0n) is 14.2. The summed E-state index contributed by atoms with van der Waals surface area (Å²) in [4.78, 5) is 22.3. The minimum Gasteiger partial charge on any atom is -0.358 e. The van der Waals surface area contributed by atoms with Gasteiger partial charge in [0, 0.05) is 17.6 Å². The molecule has 0 aliphatic heterocycles. The van der Waals surface area contributed by atoms with Gasteiger partial charge < -0.3 is 15.4 Å². The molecule has 1 aromatic carbocycles. The minimum absolute atomic E-state index is 0.0473. The van der Waals surface area contributed by atoms with Crippen LogP contribution in [0.2, 0.25) is 10.0 Å². The molecule has 2 aromatic heterocycles. The Morgan fingerprint density at radius 3 is 2.54 bits per heavy atom. The Morgan fingerprint density at radius 1 is 1.18 bits per heavy atom. The highest BCUT2D eigenvalue weighted by Gasteiger charge is 2.19. The largest absolute Gasteiger partial charge is 0.404 e. The molecule has 1 amide bonds. The Kier molecular flexibility index (Phi) is 6.32. The molecule has 0 bridgehead atoms. The van der Waals surface area contributed by atoms with E-state index in [1.165, 1.54) is 10.9 Å². The van der Waals surface area contributed by atoms with Crippen molar-refractivity contribution in [2.45, 2.75) is 19.5 Å². The van der Waals surface area contributed by atoms with Gasteiger partial charge >= 0.3 is 5.82 Å². The molecular formula is C16H13BrCl2N6O3. The van der Waals surface area contributed by atoms with E-state index in [0.717, 1.165) is 5.56 Å². The fraction of sp³-hybridized carbons (Fsp3) is 0.188. The fourth-order valence-corrected chi connectivity index (χ4v) is 3.16. The van der Waals surface area contributed by atoms with Crippen LogP contribution in [0.5, 0.6) is 0 Å². The molecule has 0 saturated carbocycles. The Hall–Kier alpha value is -2.43. The van der Waals surface area contributed by atoms with Gasteiger partial charge in [0.1, 0.15) is 9.50 Å². The number of hydrogen-bond acceptors (Lipinski definition) is 5. The van der Waals surface area contributed by atoms with Crippen molar-refractivity contribution in [3.63, 3.8) is 0 Å². The van der Waals surface area contributed by atoms with Crippen LogP contribution in [-0.2, 0) is 17.9 Å². The Balaban J connectivity index is 1.58. The highest BCUT2D eigenvalue weighted by Crippen LogP contribution is 2.23. The first-order chi connectivity index (χ1) is 13.3. The zero-order valence-corrected chi connectivity index (χ0v) is 17.3. The zero-order chi connectivity index (χ0) is 20.3. The van der Waals surface area contributed by atoms with E-state index in [-0.39, 0.29) is 35.0 Å². The van der Waals surface area contributed by atoms with Crippen molar-refractivity contribution in [1.29, 1.82) is 0 Å². The maximum absolute atomic E-state index is 12.1. The molecule has 28 heavy (non-hydrogen) atoms. The molecule has 0 fully saturated rings. The first kappa shape index (κ1) is 20.3. The molecule has 0 aliphatic carbocycles. The van der Waals surface area contributed by atoms with Gasteiger partial charge in [0.15, 0.2) is 5.82 Å². The van der Waals surface area contributed by atoms with Crippen LogP contribution in [0, 0.1) is 10.1 Å². The quantitative estimate of drug-likeness (QED) is 0.398. The second-order valence-corrected chi connectivity index (χ2v) is 7.47. The maximum Gasteiger partial charge on any atom is 0.404 e. The lowest BCUT2D eigenvalue weighted by atomic mass is 10.2. The summed E-state index contributed by atoms with van der Waals surface area (Å²) < 4.78 is 3.18. The SMILES string of the molecule is O=C(CCn1cc(Br)c([N+](=O)[O-])n1)Nc1nn(Cc2ccc(Cl)cc2)cc1Cl. The van der Waals surface area contributed by atoms with E-state index in [4.69, 9.17) is 23.2 Å². The van der Waals surface area contributed by atoms with Gasteiger partial charge in [0.2, 0.25) is 5.91 Å². The average molecular weight is 488 g/mol. The number of nitrogens with one attached hydrogen (secondary N) is 1. The number of benzene rings is 1. The summed E-state index contributed by atoms with van der Waals surface area (Å²) in [6.07, 6.45) is 3.10. The number of carbonyl (C=O) groups excluding carboxylic acids is 1. The highest BCUT2D eigenvalue weighted by atomic mass is 79.9. The maximum atomic E-state index is 12.1. The third-order valence-electron chi connectivity index (χ3n) is 3.67. The smallest absolute Gasteiger partial charge is 0.358 e. The number of hydrogen-bond donors (Lipinski definition) is 1. The van der Waals surface area contributed by atoms with Gasteiger partial charge in [0.05, 0.1) is 24.4 Å². The molecule has 2 heterocycles. The summed E-state index contributed by atoms with van der Waals surface area (Å²) in [6, 6.07) is 7.31. The summed E-state index contributed by atoms with van der Waals surface area (Å²) in [7, 11) is 0. The lowest BCUT2D eigenvalue weighted by Crippen LogP contribution is -2.15. The van der Waals surface area contributed by atoms with Crippen molar-refractivity contribution >= 4 is 56.7 Å². The van der Waals surface area contributed by atoms with Crippen LogP contribution in [0.1, 0.15) is 12.0 Å². The van der Waals surface area contributed by atoms with Crippen molar-refractivity contribution < 1.29 is 9.72 Å². The van der Waals surface area contributed by atoms with Crippen molar-refractivity contribution in [3.05, 3.63) is 66.9 Å². The standard InChI is InChI=1S/C16H13BrCl2N6O3/c17-12-8-23(22-16(12)25(27)28)6-5-14(26)20-15-13(19)9-24(21-15)7-10-1-3-11(18)4-2-10/h1-4,8-9H,5-7H2,(H,20,21,26). The van der Waals surface area contributed by atoms with Gasteiger partial charge in [-0.25, -0.2) is 0 Å². The number of nitro groups is 1. The van der Waals surface area contributed by atoms with E-state index in [0.29, 0.717) is 16.6 Å². The monoisotopic (exact) mass is 486 g/mol. The normalized spacial score (nSPS) is 10.8. The second-order valence-electron chi connectivity index (χ2n) is 5.77. The number of amides is 1. The van der Waals surface area contributed by atoms with Crippen molar-refractivity contribution in [1.82, 2.24) is 19.6 Å². The van der Waals surface area contributed by atoms with Gasteiger partial charge in [-0.15, -0.1) is 0 Å². The van der Waals surface area contributed by atoms with E-state index in [2.05, 4.69) is 31.4 Å². The van der Waals surface area contributed by atoms with Crippen LogP contribution in [0.15, 0.2) is 41.1 Å². The molecule has 9 nitrogen and oxygen atoms in total. The van der Waals surface area contributed by atoms with Crippen molar-refractivity contribution in [3.8, 4) is 0 Å². The Labute approximate surface area is 177 Å². The molecule has 0 atom stereocenters. The molecule has 0 spiro atoms. The molecular weight excluding hydrogens is 475 g/mol. The number of nitrogens with zero attached hydrogens (tertiary/aromatic N) is 5. The molecule has 3 aromatic rings. The van der Waals surface area contributed by atoms with Gasteiger partial charge in [-0.2, -0.15) is 9.78 Å². The van der Waals surface area contributed by atoms with Crippen molar-refractivity contribution in [2.75, 3.05) is 5.32 Å². The fourth-order valence-electron chi connectivity index (χ4n) is 2.38. The van der Waals surface area contributed by atoms with Crippen LogP contribution in [0.4, 0.5) is 11.6 Å². The second kappa shape index (κ2) is 8.72. The predicted molar refractivity (Wildman–Crippen MR) is 108 cm³/mol. The number of rotatable bonds is 7. The molecule has 12 heteroatoms. The number of aromatic nitrogens is 4. The van der Waals surface area contributed by atoms with Crippen molar-refractivity contribution in [2.24, 2.45) is 0 Å². The van der Waals surface area contributed by atoms with Gasteiger partial charge in [-0.1, -0.05) is 35.3 Å². The molecule has 1 N–H and O–H groups in total. The van der Waals surface area contributed by atoms with E-state index >= 15 is 0 Å². The molecule has 0 radical (unpaired) electrons.